The first-order valence-corrected chi connectivity index (χ1v) is 13.0. The zero-order chi connectivity index (χ0) is 26.9. The average molecular weight is 532 g/mol. The van der Waals surface area contributed by atoms with Gasteiger partial charge >= 0.3 is 12.0 Å². The zero-order valence-electron chi connectivity index (χ0n) is 21.4. The van der Waals surface area contributed by atoms with Crippen molar-refractivity contribution < 1.29 is 19.1 Å². The van der Waals surface area contributed by atoms with Crippen molar-refractivity contribution in [3.8, 4) is 11.4 Å². The molecule has 4 rings (SSSR count). The third kappa shape index (κ3) is 6.92. The number of ether oxygens (including phenoxy) is 2. The molecule has 0 saturated heterocycles. The van der Waals surface area contributed by atoms with Crippen LogP contribution in [0, 0.1) is 6.92 Å². The molecule has 0 atom stereocenters. The second-order valence-electron chi connectivity index (χ2n) is 8.32. The van der Waals surface area contributed by atoms with Gasteiger partial charge in [0.2, 0.25) is 0 Å². The number of esters is 1. The molecule has 0 saturated carbocycles. The van der Waals surface area contributed by atoms with E-state index in [1.807, 2.05) is 60.0 Å². The summed E-state index contributed by atoms with van der Waals surface area (Å²) < 4.78 is 12.3. The highest BCUT2D eigenvalue weighted by Crippen LogP contribution is 2.27. The van der Waals surface area contributed by atoms with E-state index >= 15 is 0 Å². The van der Waals surface area contributed by atoms with Crippen molar-refractivity contribution in [1.29, 1.82) is 0 Å². The molecule has 0 radical (unpaired) electrons. The first-order valence-electron chi connectivity index (χ1n) is 12.1. The summed E-state index contributed by atoms with van der Waals surface area (Å²) >= 11 is 1.55. The monoisotopic (exact) mass is 531 g/mol. The van der Waals surface area contributed by atoms with Crippen LogP contribution in [0.25, 0.3) is 5.69 Å². The summed E-state index contributed by atoms with van der Waals surface area (Å²) in [6.07, 6.45) is 0. The number of urea groups is 1. The lowest BCUT2D eigenvalue weighted by Gasteiger charge is -2.12. The molecule has 10 heteroatoms. The van der Waals surface area contributed by atoms with E-state index in [4.69, 9.17) is 9.47 Å². The van der Waals surface area contributed by atoms with Crippen LogP contribution in [-0.4, -0.2) is 40.5 Å². The van der Waals surface area contributed by atoms with Crippen molar-refractivity contribution >= 4 is 29.4 Å². The van der Waals surface area contributed by atoms with E-state index in [-0.39, 0.29) is 6.54 Å². The summed E-state index contributed by atoms with van der Waals surface area (Å²) in [4.78, 5) is 24.4. The van der Waals surface area contributed by atoms with E-state index in [0.717, 1.165) is 22.6 Å². The number of aromatic nitrogens is 3. The van der Waals surface area contributed by atoms with E-state index in [1.165, 1.54) is 0 Å². The van der Waals surface area contributed by atoms with Crippen LogP contribution in [0.4, 0.5) is 10.5 Å². The van der Waals surface area contributed by atoms with Gasteiger partial charge in [-0.15, -0.1) is 10.2 Å². The highest BCUT2D eigenvalue weighted by Gasteiger charge is 2.16. The lowest BCUT2D eigenvalue weighted by atomic mass is 10.2. The van der Waals surface area contributed by atoms with Crippen LogP contribution < -0.4 is 15.4 Å². The third-order valence-electron chi connectivity index (χ3n) is 5.56. The normalized spacial score (nSPS) is 10.6. The molecule has 0 aliphatic rings. The minimum Gasteiger partial charge on any atom is -0.497 e. The summed E-state index contributed by atoms with van der Waals surface area (Å²) in [5, 5.41) is 15.1. The van der Waals surface area contributed by atoms with E-state index in [1.54, 1.807) is 50.1 Å². The van der Waals surface area contributed by atoms with Gasteiger partial charge in [-0.1, -0.05) is 41.6 Å². The third-order valence-corrected chi connectivity index (χ3v) is 6.56. The number of carbonyl (C=O) groups is 2. The number of nitrogens with zero attached hydrogens (tertiary/aromatic N) is 3. The maximum atomic E-state index is 12.6. The SMILES string of the molecule is CCOC(=O)c1ccc(NC(=O)NCc2nnc(SCc3cccc(OC)c3)n2-c2ccc(C)cc2)cc1. The number of hydrogen-bond acceptors (Lipinski definition) is 7. The Hall–Kier alpha value is -4.31. The molecule has 2 N–H and O–H groups in total. The Morgan fingerprint density at radius 2 is 1.76 bits per heavy atom. The van der Waals surface area contributed by atoms with Gasteiger partial charge in [-0.25, -0.2) is 9.59 Å². The zero-order valence-corrected chi connectivity index (χ0v) is 22.2. The quantitative estimate of drug-likeness (QED) is 0.209. The van der Waals surface area contributed by atoms with Crippen molar-refractivity contribution in [3.05, 3.63) is 95.3 Å². The Morgan fingerprint density at radius 3 is 2.47 bits per heavy atom. The van der Waals surface area contributed by atoms with Gasteiger partial charge in [0.15, 0.2) is 11.0 Å². The lowest BCUT2D eigenvalue weighted by molar-refractivity contribution is 0.0526. The maximum absolute atomic E-state index is 12.6. The van der Waals surface area contributed by atoms with Gasteiger partial charge < -0.3 is 20.1 Å². The number of hydrogen-bond donors (Lipinski definition) is 2. The van der Waals surface area contributed by atoms with E-state index in [2.05, 4.69) is 20.8 Å². The van der Waals surface area contributed by atoms with Gasteiger partial charge in [-0.05, 0) is 67.9 Å². The fourth-order valence-corrected chi connectivity index (χ4v) is 4.52. The summed E-state index contributed by atoms with van der Waals surface area (Å²) in [6.45, 7) is 4.24. The van der Waals surface area contributed by atoms with Gasteiger partial charge in [0.05, 0.1) is 25.8 Å². The summed E-state index contributed by atoms with van der Waals surface area (Å²) in [5.74, 6) is 1.67. The first-order chi connectivity index (χ1) is 18.5. The topological polar surface area (TPSA) is 107 Å². The molecule has 196 valence electrons. The first kappa shape index (κ1) is 26.7. The van der Waals surface area contributed by atoms with Crippen molar-refractivity contribution in [1.82, 2.24) is 20.1 Å². The van der Waals surface area contributed by atoms with Gasteiger partial charge in [0.25, 0.3) is 0 Å². The number of thioether (sulfide) groups is 1. The number of nitrogens with one attached hydrogen (secondary N) is 2. The number of amides is 2. The van der Waals surface area contributed by atoms with Crippen LogP contribution in [0.1, 0.15) is 34.2 Å². The molecule has 2 amide bonds. The standard InChI is InChI=1S/C28H29N5O4S/c1-4-37-26(34)21-10-12-22(13-11-21)30-27(35)29-17-25-31-32-28(33(25)23-14-8-19(2)9-15-23)38-18-20-6-5-7-24(16-20)36-3/h5-16H,4,17-18H2,1-3H3,(H2,29,30,35). The van der Waals surface area contributed by atoms with Gasteiger partial charge in [0, 0.05) is 17.1 Å². The number of anilines is 1. The molecule has 0 unspecified atom stereocenters. The molecule has 0 fully saturated rings. The molecule has 1 aromatic heterocycles. The minimum absolute atomic E-state index is 0.160. The summed E-state index contributed by atoms with van der Waals surface area (Å²) in [5.41, 5.74) is 4.11. The Bertz CT molecular complexity index is 1390. The predicted octanol–water partition coefficient (Wildman–Crippen LogP) is 5.38. The largest absolute Gasteiger partial charge is 0.497 e. The van der Waals surface area contributed by atoms with Gasteiger partial charge in [-0.3, -0.25) is 4.57 Å². The molecule has 0 bridgehead atoms. The van der Waals surface area contributed by atoms with Crippen molar-refractivity contribution in [2.75, 3.05) is 19.0 Å². The van der Waals surface area contributed by atoms with E-state index < -0.39 is 12.0 Å². The van der Waals surface area contributed by atoms with Crippen LogP contribution in [0.2, 0.25) is 0 Å². The number of aryl methyl sites for hydroxylation is 1. The Labute approximate surface area is 225 Å². The summed E-state index contributed by atoms with van der Waals surface area (Å²) in [7, 11) is 1.65. The smallest absolute Gasteiger partial charge is 0.338 e. The van der Waals surface area contributed by atoms with Crippen LogP contribution in [0.3, 0.4) is 0 Å². The van der Waals surface area contributed by atoms with E-state index in [9.17, 15) is 9.59 Å². The molecule has 9 nitrogen and oxygen atoms in total. The predicted molar refractivity (Wildman–Crippen MR) is 147 cm³/mol. The van der Waals surface area contributed by atoms with Crippen molar-refractivity contribution in [3.63, 3.8) is 0 Å². The molecule has 0 aliphatic carbocycles. The number of methoxy groups -OCH3 is 1. The molecular weight excluding hydrogens is 502 g/mol. The Balaban J connectivity index is 1.45. The second-order valence-corrected chi connectivity index (χ2v) is 9.26. The lowest BCUT2D eigenvalue weighted by Crippen LogP contribution is -2.29. The molecule has 3 aromatic carbocycles. The fourth-order valence-electron chi connectivity index (χ4n) is 3.61. The van der Waals surface area contributed by atoms with Crippen LogP contribution in [0.5, 0.6) is 5.75 Å². The molecule has 1 heterocycles. The highest BCUT2D eigenvalue weighted by molar-refractivity contribution is 7.98. The molecule has 0 spiro atoms. The molecule has 38 heavy (non-hydrogen) atoms. The second kappa shape index (κ2) is 12.8. The number of rotatable bonds is 10. The maximum Gasteiger partial charge on any atom is 0.338 e. The molecular formula is C28H29N5O4S. The van der Waals surface area contributed by atoms with Crippen molar-refractivity contribution in [2.45, 2.75) is 31.3 Å². The van der Waals surface area contributed by atoms with E-state index in [0.29, 0.717) is 34.6 Å². The molecule has 4 aromatic rings. The molecule has 0 aliphatic heterocycles. The van der Waals surface area contributed by atoms with Crippen molar-refractivity contribution in [2.24, 2.45) is 0 Å². The number of benzene rings is 3. The van der Waals surface area contributed by atoms with Crippen LogP contribution in [-0.2, 0) is 17.0 Å². The van der Waals surface area contributed by atoms with Crippen LogP contribution in [0.15, 0.2) is 78.0 Å². The minimum atomic E-state index is -0.405. The highest BCUT2D eigenvalue weighted by atomic mass is 32.2. The Morgan fingerprint density at radius 1 is 1.00 bits per heavy atom. The summed E-state index contributed by atoms with van der Waals surface area (Å²) in [6, 6.07) is 22.0. The Kier molecular flexibility index (Phi) is 8.99. The van der Waals surface area contributed by atoms with Gasteiger partial charge in [0.1, 0.15) is 5.75 Å². The average Bonchev–Trinajstić information content (AvgIpc) is 3.34. The fraction of sp³-hybridized carbons (Fsp3) is 0.214. The number of carbonyl (C=O) groups excluding carboxylic acids is 2. The van der Waals surface area contributed by atoms with Crippen LogP contribution >= 0.6 is 11.8 Å². The van der Waals surface area contributed by atoms with Gasteiger partial charge in [-0.2, -0.15) is 0 Å².